The average molecular weight is 332 g/mol. The first kappa shape index (κ1) is 17.3. The molecule has 0 radical (unpaired) electrons. The van der Waals surface area contributed by atoms with E-state index in [1.54, 1.807) is 12.5 Å². The van der Waals surface area contributed by atoms with E-state index in [4.69, 9.17) is 4.42 Å². The second-order valence-electron chi connectivity index (χ2n) is 8.19. The number of aliphatic carboxylic acids is 1. The average Bonchev–Trinajstić information content (AvgIpc) is 3.05. The minimum absolute atomic E-state index is 0.0986. The highest BCUT2D eigenvalue weighted by atomic mass is 16.4. The topological polar surface area (TPSA) is 70.7 Å². The van der Waals surface area contributed by atoms with Gasteiger partial charge in [0.15, 0.2) is 0 Å². The molecular weight excluding hydrogens is 304 g/mol. The van der Waals surface area contributed by atoms with Crippen LogP contribution in [-0.2, 0) is 4.79 Å². The molecule has 1 fully saturated rings. The number of furan rings is 1. The van der Waals surface area contributed by atoms with Gasteiger partial charge in [-0.25, -0.2) is 4.79 Å². The fraction of sp³-hybridized carbons (Fsp3) is 0.650. The number of aliphatic hydroxyl groups is 1. The van der Waals surface area contributed by atoms with Crippen LogP contribution >= 0.6 is 0 Å². The Balaban J connectivity index is 1.94. The summed E-state index contributed by atoms with van der Waals surface area (Å²) in [6.07, 6.45) is 8.88. The highest BCUT2D eigenvalue weighted by Gasteiger charge is 2.55. The number of allylic oxidation sites excluding steroid dienone is 1. The second-order valence-corrected chi connectivity index (χ2v) is 8.19. The van der Waals surface area contributed by atoms with E-state index in [-0.39, 0.29) is 16.7 Å². The summed E-state index contributed by atoms with van der Waals surface area (Å²) in [6, 6.07) is 1.81. The molecule has 0 aromatic carbocycles. The van der Waals surface area contributed by atoms with Gasteiger partial charge in [0.1, 0.15) is 0 Å². The van der Waals surface area contributed by atoms with Crippen LogP contribution in [-0.4, -0.2) is 16.2 Å². The third-order valence-electron chi connectivity index (χ3n) is 7.00. The molecule has 1 aromatic heterocycles. The molecule has 1 aromatic rings. The standard InChI is InChI=1S/C20H28O4/c1-13-7-9-19(2)15(18(22)23)5-4-6-17(19)20(13,3)11-16(21)14-8-10-24-12-14/h5,8,10,12-13,16-17,21H,4,6-7,9,11H2,1-3H3,(H,22,23)/t13-,16+,17+,19+,20+/m1/s1. The van der Waals surface area contributed by atoms with Crippen molar-refractivity contribution in [3.63, 3.8) is 0 Å². The molecule has 5 atom stereocenters. The molecule has 1 saturated carbocycles. The largest absolute Gasteiger partial charge is 0.478 e. The van der Waals surface area contributed by atoms with Crippen LogP contribution < -0.4 is 0 Å². The summed E-state index contributed by atoms with van der Waals surface area (Å²) in [6.45, 7) is 6.61. The maximum Gasteiger partial charge on any atom is 0.331 e. The molecule has 4 heteroatoms. The van der Waals surface area contributed by atoms with Gasteiger partial charge in [-0.2, -0.15) is 0 Å². The fourth-order valence-corrected chi connectivity index (χ4v) is 5.36. The van der Waals surface area contributed by atoms with Crippen LogP contribution in [0.4, 0.5) is 0 Å². The van der Waals surface area contributed by atoms with E-state index in [1.807, 2.05) is 12.1 Å². The molecule has 3 rings (SSSR count). The van der Waals surface area contributed by atoms with E-state index in [9.17, 15) is 15.0 Å². The van der Waals surface area contributed by atoms with E-state index < -0.39 is 12.1 Å². The lowest BCUT2D eigenvalue weighted by atomic mass is 9.46. The first-order chi connectivity index (χ1) is 11.3. The van der Waals surface area contributed by atoms with Crippen molar-refractivity contribution in [3.8, 4) is 0 Å². The molecule has 24 heavy (non-hydrogen) atoms. The predicted molar refractivity (Wildman–Crippen MR) is 91.3 cm³/mol. The summed E-state index contributed by atoms with van der Waals surface area (Å²) < 4.78 is 5.11. The van der Waals surface area contributed by atoms with Crippen molar-refractivity contribution >= 4 is 5.97 Å². The van der Waals surface area contributed by atoms with Gasteiger partial charge >= 0.3 is 5.97 Å². The number of aliphatic hydroxyl groups excluding tert-OH is 1. The van der Waals surface area contributed by atoms with Crippen LogP contribution in [0.1, 0.15) is 64.5 Å². The predicted octanol–water partition coefficient (Wildman–Crippen LogP) is 4.57. The van der Waals surface area contributed by atoms with Crippen LogP contribution in [0.3, 0.4) is 0 Å². The van der Waals surface area contributed by atoms with Crippen molar-refractivity contribution in [2.75, 3.05) is 0 Å². The maximum atomic E-state index is 11.8. The van der Waals surface area contributed by atoms with Gasteiger partial charge in [-0.3, -0.25) is 0 Å². The van der Waals surface area contributed by atoms with Gasteiger partial charge in [0.2, 0.25) is 0 Å². The van der Waals surface area contributed by atoms with Crippen molar-refractivity contribution in [1.82, 2.24) is 0 Å². The van der Waals surface area contributed by atoms with E-state index in [0.29, 0.717) is 17.9 Å². The minimum atomic E-state index is -0.783. The highest BCUT2D eigenvalue weighted by molar-refractivity contribution is 5.88. The van der Waals surface area contributed by atoms with Crippen molar-refractivity contribution in [2.24, 2.45) is 22.7 Å². The Bertz CT molecular complexity index is 632. The molecule has 0 bridgehead atoms. The molecule has 2 aliphatic carbocycles. The van der Waals surface area contributed by atoms with Crippen molar-refractivity contribution in [1.29, 1.82) is 0 Å². The third-order valence-corrected chi connectivity index (χ3v) is 7.00. The van der Waals surface area contributed by atoms with Crippen LogP contribution in [0.5, 0.6) is 0 Å². The third kappa shape index (κ3) is 2.61. The summed E-state index contributed by atoms with van der Waals surface area (Å²) in [4.78, 5) is 11.8. The molecule has 4 nitrogen and oxygen atoms in total. The van der Waals surface area contributed by atoms with Crippen molar-refractivity contribution in [2.45, 2.75) is 59.0 Å². The number of hydrogen-bond acceptors (Lipinski definition) is 3. The maximum absolute atomic E-state index is 11.8. The first-order valence-corrected chi connectivity index (χ1v) is 8.93. The Hall–Kier alpha value is -1.55. The Labute approximate surface area is 143 Å². The van der Waals surface area contributed by atoms with E-state index in [2.05, 4.69) is 20.8 Å². The number of carboxylic acids is 1. The van der Waals surface area contributed by atoms with Gasteiger partial charge in [0.05, 0.1) is 18.6 Å². The number of carboxylic acid groups (broad SMARTS) is 1. The number of rotatable bonds is 4. The summed E-state index contributed by atoms with van der Waals surface area (Å²) in [5, 5.41) is 20.4. The number of hydrogen-bond donors (Lipinski definition) is 2. The van der Waals surface area contributed by atoms with E-state index in [1.165, 1.54) is 0 Å². The molecular formula is C20H28O4. The molecule has 0 aliphatic heterocycles. The van der Waals surface area contributed by atoms with Gasteiger partial charge in [0, 0.05) is 16.6 Å². The van der Waals surface area contributed by atoms with Gasteiger partial charge in [-0.1, -0.05) is 26.8 Å². The van der Waals surface area contributed by atoms with Gasteiger partial charge in [-0.05, 0) is 55.4 Å². The second kappa shape index (κ2) is 6.07. The SMILES string of the molecule is C[C@@H]1CC[C@@]2(C)C(C(=O)O)=CCC[C@@H]2[C@@]1(C)C[C@H](O)c1ccoc1. The summed E-state index contributed by atoms with van der Waals surface area (Å²) in [5.41, 5.74) is 0.982. The van der Waals surface area contributed by atoms with Crippen molar-refractivity contribution in [3.05, 3.63) is 35.8 Å². The Morgan fingerprint density at radius 1 is 1.42 bits per heavy atom. The molecule has 0 unspecified atom stereocenters. The van der Waals surface area contributed by atoms with E-state index >= 15 is 0 Å². The lowest BCUT2D eigenvalue weighted by Crippen LogP contribution is -2.51. The number of carbonyl (C=O) groups is 1. The van der Waals surface area contributed by atoms with Crippen LogP contribution in [0.25, 0.3) is 0 Å². The molecule has 2 aliphatic rings. The lowest BCUT2D eigenvalue weighted by molar-refractivity contribution is -0.137. The fourth-order valence-electron chi connectivity index (χ4n) is 5.36. The van der Waals surface area contributed by atoms with Gasteiger partial charge < -0.3 is 14.6 Å². The zero-order chi connectivity index (χ0) is 17.5. The van der Waals surface area contributed by atoms with Crippen LogP contribution in [0, 0.1) is 22.7 Å². The summed E-state index contributed by atoms with van der Waals surface area (Å²) >= 11 is 0. The summed E-state index contributed by atoms with van der Waals surface area (Å²) in [7, 11) is 0. The van der Waals surface area contributed by atoms with Crippen LogP contribution in [0.2, 0.25) is 0 Å². The molecule has 0 spiro atoms. The Morgan fingerprint density at radius 2 is 2.17 bits per heavy atom. The minimum Gasteiger partial charge on any atom is -0.478 e. The molecule has 0 saturated heterocycles. The zero-order valence-electron chi connectivity index (χ0n) is 14.8. The smallest absolute Gasteiger partial charge is 0.331 e. The zero-order valence-corrected chi connectivity index (χ0v) is 14.8. The Kier molecular flexibility index (Phi) is 4.37. The summed E-state index contributed by atoms with van der Waals surface area (Å²) in [5.74, 6) is -0.0637. The van der Waals surface area contributed by atoms with Crippen molar-refractivity contribution < 1.29 is 19.4 Å². The monoisotopic (exact) mass is 332 g/mol. The molecule has 0 amide bonds. The van der Waals surface area contributed by atoms with Gasteiger partial charge in [0.25, 0.3) is 0 Å². The molecule has 2 N–H and O–H groups in total. The Morgan fingerprint density at radius 3 is 2.79 bits per heavy atom. The van der Waals surface area contributed by atoms with Gasteiger partial charge in [-0.15, -0.1) is 0 Å². The highest BCUT2D eigenvalue weighted by Crippen LogP contribution is 2.62. The lowest BCUT2D eigenvalue weighted by Gasteiger charge is -2.58. The van der Waals surface area contributed by atoms with Crippen LogP contribution in [0.15, 0.2) is 34.7 Å². The molecule has 1 heterocycles. The quantitative estimate of drug-likeness (QED) is 0.847. The first-order valence-electron chi connectivity index (χ1n) is 8.93. The van der Waals surface area contributed by atoms with E-state index in [0.717, 1.165) is 31.2 Å². The normalized spacial score (nSPS) is 37.4. The molecule has 132 valence electrons. The number of fused-ring (bicyclic) bond motifs is 1.